The molecule has 74 valence electrons. The third-order valence-corrected chi connectivity index (χ3v) is 3.23. The maximum atomic E-state index is 11.0. The topological polar surface area (TPSA) is 124 Å². The summed E-state index contributed by atoms with van der Waals surface area (Å²) in [6.45, 7) is 0. The van der Waals surface area contributed by atoms with Gasteiger partial charge in [-0.15, -0.1) is 0 Å². The first-order valence-corrected chi connectivity index (χ1v) is 5.21. The van der Waals surface area contributed by atoms with Crippen LogP contribution in [0.4, 0.5) is 4.79 Å². The molecule has 0 spiro atoms. The minimum absolute atomic E-state index is 0.439. The molecule has 8 heteroatoms. The average Bonchev–Trinajstić information content (AvgIpc) is 2.26. The lowest BCUT2D eigenvalue weighted by Crippen LogP contribution is -2.47. The smallest absolute Gasteiger partial charge is 0.316 e. The van der Waals surface area contributed by atoms with Crippen molar-refractivity contribution < 1.29 is 18.0 Å². The van der Waals surface area contributed by atoms with Gasteiger partial charge in [0.15, 0.2) is 9.84 Å². The van der Waals surface area contributed by atoms with Crippen LogP contribution >= 0.6 is 0 Å². The van der Waals surface area contributed by atoms with E-state index in [1.807, 2.05) is 0 Å². The van der Waals surface area contributed by atoms with Crippen LogP contribution in [0.3, 0.4) is 0 Å². The second-order valence-electron chi connectivity index (χ2n) is 2.77. The Morgan fingerprint density at radius 2 is 1.85 bits per heavy atom. The molecule has 0 radical (unpaired) electrons. The number of nitrogens with zero attached hydrogens (tertiary/aromatic N) is 1. The number of rotatable bonds is 1. The summed E-state index contributed by atoms with van der Waals surface area (Å²) in [6, 6.07) is -2.08. The number of hydrogen-bond donors (Lipinski definition) is 2. The number of carbonyl (C=O) groups excluding carboxylic acids is 2. The van der Waals surface area contributed by atoms with Crippen LogP contribution in [-0.2, 0) is 14.6 Å². The first kappa shape index (κ1) is 9.78. The van der Waals surface area contributed by atoms with Crippen LogP contribution in [0.1, 0.15) is 0 Å². The monoisotopic (exact) mass is 207 g/mol. The van der Waals surface area contributed by atoms with Crippen molar-refractivity contribution in [3.63, 3.8) is 0 Å². The molecule has 1 aliphatic heterocycles. The zero-order chi connectivity index (χ0) is 10.2. The molecule has 4 N–H and O–H groups in total. The van der Waals surface area contributed by atoms with Crippen LogP contribution in [0.25, 0.3) is 0 Å². The fourth-order valence-corrected chi connectivity index (χ4v) is 2.80. The highest BCUT2D eigenvalue weighted by Gasteiger charge is 2.40. The molecular formula is C5H9N3O4S. The predicted octanol–water partition coefficient (Wildman–Crippen LogP) is -2.39. The van der Waals surface area contributed by atoms with E-state index in [4.69, 9.17) is 11.5 Å². The minimum atomic E-state index is -3.41. The van der Waals surface area contributed by atoms with Gasteiger partial charge < -0.3 is 11.5 Å². The largest absolute Gasteiger partial charge is 0.368 e. The van der Waals surface area contributed by atoms with Crippen LogP contribution in [0.2, 0.25) is 0 Å². The van der Waals surface area contributed by atoms with Gasteiger partial charge in [0.2, 0.25) is 5.91 Å². The third-order valence-electron chi connectivity index (χ3n) is 1.74. The number of amides is 3. The quantitative estimate of drug-likeness (QED) is 0.497. The average molecular weight is 207 g/mol. The van der Waals surface area contributed by atoms with E-state index in [-0.39, 0.29) is 0 Å². The molecule has 3 amide bonds. The number of sulfone groups is 1. The van der Waals surface area contributed by atoms with Crippen molar-refractivity contribution in [2.75, 3.05) is 11.6 Å². The van der Waals surface area contributed by atoms with Gasteiger partial charge in [-0.3, -0.25) is 9.69 Å². The van der Waals surface area contributed by atoms with Crippen molar-refractivity contribution in [1.29, 1.82) is 0 Å². The molecule has 7 nitrogen and oxygen atoms in total. The van der Waals surface area contributed by atoms with E-state index in [9.17, 15) is 18.0 Å². The lowest BCUT2D eigenvalue weighted by Gasteiger charge is -2.16. The van der Waals surface area contributed by atoms with Gasteiger partial charge in [-0.05, 0) is 0 Å². The SMILES string of the molecule is NC(=O)[C@H]1CS(=O)(=O)CN1C(N)=O. The molecule has 1 rings (SSSR count). The summed E-state index contributed by atoms with van der Waals surface area (Å²) < 4.78 is 22.0. The van der Waals surface area contributed by atoms with Crippen molar-refractivity contribution >= 4 is 21.8 Å². The van der Waals surface area contributed by atoms with E-state index in [0.29, 0.717) is 0 Å². The molecule has 0 aromatic rings. The molecular weight excluding hydrogens is 198 g/mol. The van der Waals surface area contributed by atoms with Gasteiger partial charge in [0.05, 0.1) is 5.75 Å². The van der Waals surface area contributed by atoms with Crippen molar-refractivity contribution in [1.82, 2.24) is 4.90 Å². The number of hydrogen-bond acceptors (Lipinski definition) is 4. The van der Waals surface area contributed by atoms with Crippen LogP contribution in [0.15, 0.2) is 0 Å². The summed E-state index contributed by atoms with van der Waals surface area (Å²) in [4.78, 5) is 22.1. The number of nitrogens with two attached hydrogens (primary N) is 2. The summed E-state index contributed by atoms with van der Waals surface area (Å²) in [6.07, 6.45) is 0. The standard InChI is InChI=1S/C5H9N3O4S/c6-4(9)3-1-13(11,12)2-8(3)5(7)10/h3H,1-2H2,(H2,6,9)(H2,7,10)/t3-/m1/s1. The highest BCUT2D eigenvalue weighted by Crippen LogP contribution is 2.14. The van der Waals surface area contributed by atoms with E-state index in [1.165, 1.54) is 0 Å². The highest BCUT2D eigenvalue weighted by atomic mass is 32.2. The van der Waals surface area contributed by atoms with Crippen molar-refractivity contribution in [3.05, 3.63) is 0 Å². The molecule has 0 unspecified atom stereocenters. The Balaban J connectivity index is 2.97. The lowest BCUT2D eigenvalue weighted by atomic mass is 10.3. The van der Waals surface area contributed by atoms with Crippen molar-refractivity contribution in [2.24, 2.45) is 11.5 Å². The Morgan fingerprint density at radius 3 is 2.15 bits per heavy atom. The van der Waals surface area contributed by atoms with Gasteiger partial charge >= 0.3 is 6.03 Å². The van der Waals surface area contributed by atoms with E-state index < -0.39 is 39.4 Å². The number of urea groups is 1. The minimum Gasteiger partial charge on any atom is -0.368 e. The third kappa shape index (κ3) is 1.89. The molecule has 1 atom stereocenters. The molecule has 1 saturated heterocycles. The van der Waals surface area contributed by atoms with E-state index >= 15 is 0 Å². The number of carbonyl (C=O) groups is 2. The molecule has 0 bridgehead atoms. The summed E-state index contributed by atoms with van der Waals surface area (Å²) in [5, 5.41) is 0. The fraction of sp³-hybridized carbons (Fsp3) is 0.600. The second-order valence-corrected chi connectivity index (χ2v) is 4.84. The Morgan fingerprint density at radius 1 is 1.31 bits per heavy atom. The van der Waals surface area contributed by atoms with Gasteiger partial charge in [0, 0.05) is 0 Å². The van der Waals surface area contributed by atoms with Crippen molar-refractivity contribution in [2.45, 2.75) is 6.04 Å². The van der Waals surface area contributed by atoms with Gasteiger partial charge in [-0.25, -0.2) is 13.2 Å². The Kier molecular flexibility index (Phi) is 2.16. The predicted molar refractivity (Wildman–Crippen MR) is 43.1 cm³/mol. The second kappa shape index (κ2) is 2.87. The maximum absolute atomic E-state index is 11.0. The molecule has 1 aliphatic rings. The summed E-state index contributed by atoms with van der Waals surface area (Å²) in [5.41, 5.74) is 9.76. The van der Waals surface area contributed by atoms with Gasteiger partial charge in [0.1, 0.15) is 11.9 Å². The lowest BCUT2D eigenvalue weighted by molar-refractivity contribution is -0.121. The Bertz CT molecular complexity index is 321. The molecule has 0 saturated carbocycles. The molecule has 1 heterocycles. The molecule has 1 fully saturated rings. The summed E-state index contributed by atoms with van der Waals surface area (Å²) in [7, 11) is -3.41. The summed E-state index contributed by atoms with van der Waals surface area (Å²) >= 11 is 0. The van der Waals surface area contributed by atoms with E-state index in [1.54, 1.807) is 0 Å². The first-order chi connectivity index (χ1) is 5.83. The number of primary amides is 2. The van der Waals surface area contributed by atoms with Gasteiger partial charge in [-0.2, -0.15) is 0 Å². The van der Waals surface area contributed by atoms with Crippen LogP contribution in [-0.4, -0.2) is 42.9 Å². The maximum Gasteiger partial charge on any atom is 0.316 e. The Hall–Kier alpha value is -1.31. The summed E-state index contributed by atoms with van der Waals surface area (Å²) in [5.74, 6) is -1.83. The first-order valence-electron chi connectivity index (χ1n) is 3.39. The normalized spacial score (nSPS) is 25.8. The molecule has 0 aliphatic carbocycles. The van der Waals surface area contributed by atoms with E-state index in [2.05, 4.69) is 0 Å². The van der Waals surface area contributed by atoms with Crippen molar-refractivity contribution in [3.8, 4) is 0 Å². The van der Waals surface area contributed by atoms with Crippen LogP contribution < -0.4 is 11.5 Å². The van der Waals surface area contributed by atoms with E-state index in [0.717, 1.165) is 4.90 Å². The van der Waals surface area contributed by atoms with Gasteiger partial charge in [0.25, 0.3) is 0 Å². The zero-order valence-corrected chi connectivity index (χ0v) is 7.45. The zero-order valence-electron chi connectivity index (χ0n) is 6.63. The fourth-order valence-electron chi connectivity index (χ4n) is 1.14. The molecule has 0 aromatic heterocycles. The highest BCUT2D eigenvalue weighted by molar-refractivity contribution is 7.91. The van der Waals surface area contributed by atoms with Crippen LogP contribution in [0, 0.1) is 0 Å². The Labute approximate surface area is 74.6 Å². The molecule has 0 aromatic carbocycles. The van der Waals surface area contributed by atoms with Crippen LogP contribution in [0.5, 0.6) is 0 Å². The molecule has 13 heavy (non-hydrogen) atoms. The van der Waals surface area contributed by atoms with Gasteiger partial charge in [-0.1, -0.05) is 0 Å².